The Morgan fingerprint density at radius 1 is 1.38 bits per heavy atom. The minimum atomic E-state index is -4.54. The molecule has 0 aliphatic heterocycles. The van der Waals surface area contributed by atoms with Crippen LogP contribution in [-0.4, -0.2) is 4.98 Å². The van der Waals surface area contributed by atoms with E-state index < -0.39 is 11.7 Å². The predicted octanol–water partition coefficient (Wildman–Crippen LogP) is 4.21. The van der Waals surface area contributed by atoms with Gasteiger partial charge < -0.3 is 5.32 Å². The van der Waals surface area contributed by atoms with Crippen LogP contribution < -0.4 is 5.32 Å². The van der Waals surface area contributed by atoms with Crippen molar-refractivity contribution in [2.45, 2.75) is 26.1 Å². The number of nitrogens with one attached hydrogen (secondary N) is 1. The molecule has 0 bridgehead atoms. The number of hydrogen-bond acceptors (Lipinski definition) is 4. The van der Waals surface area contributed by atoms with Gasteiger partial charge >= 0.3 is 6.18 Å². The first kappa shape index (κ1) is 15.3. The Morgan fingerprint density at radius 2 is 2.14 bits per heavy atom. The Balaban J connectivity index is 2.16. The highest BCUT2D eigenvalue weighted by Gasteiger charge is 2.33. The van der Waals surface area contributed by atoms with E-state index in [2.05, 4.69) is 10.3 Å². The van der Waals surface area contributed by atoms with Crippen LogP contribution in [0.2, 0.25) is 0 Å². The molecule has 110 valence electrons. The molecule has 0 atom stereocenters. The summed E-state index contributed by atoms with van der Waals surface area (Å²) in [6.45, 7) is 2.40. The van der Waals surface area contributed by atoms with Crippen molar-refractivity contribution in [2.24, 2.45) is 0 Å². The zero-order chi connectivity index (χ0) is 15.5. The zero-order valence-electron chi connectivity index (χ0n) is 11.2. The summed E-state index contributed by atoms with van der Waals surface area (Å²) in [5.41, 5.74) is -0.972. The van der Waals surface area contributed by atoms with Crippen molar-refractivity contribution < 1.29 is 13.2 Å². The van der Waals surface area contributed by atoms with Crippen molar-refractivity contribution in [1.29, 1.82) is 5.26 Å². The highest BCUT2D eigenvalue weighted by molar-refractivity contribution is 7.11. The summed E-state index contributed by atoms with van der Waals surface area (Å²) in [6, 6.07) is 5.16. The van der Waals surface area contributed by atoms with Gasteiger partial charge in [0.05, 0.1) is 28.7 Å². The molecule has 0 fully saturated rings. The molecule has 3 nitrogen and oxygen atoms in total. The Bertz CT molecular complexity index is 671. The first-order valence-corrected chi connectivity index (χ1v) is 7.04. The molecule has 2 aromatic rings. The summed E-state index contributed by atoms with van der Waals surface area (Å²) in [6.07, 6.45) is -1.99. The molecule has 0 unspecified atom stereocenters. The SMILES string of the molecule is CCc1ncc(CNc2ccc(C#N)c(C(F)(F)F)c2)s1. The molecule has 0 aliphatic rings. The molecule has 1 aromatic carbocycles. The van der Waals surface area contributed by atoms with Crippen LogP contribution in [0.5, 0.6) is 0 Å². The smallest absolute Gasteiger partial charge is 0.380 e. The molecular formula is C14H12F3N3S. The number of thiazole rings is 1. The molecule has 0 spiro atoms. The lowest BCUT2D eigenvalue weighted by molar-refractivity contribution is -0.137. The van der Waals surface area contributed by atoms with Gasteiger partial charge in [-0.05, 0) is 24.6 Å². The third-order valence-electron chi connectivity index (χ3n) is 2.82. The van der Waals surface area contributed by atoms with Crippen LogP contribution in [0.3, 0.4) is 0 Å². The lowest BCUT2D eigenvalue weighted by Crippen LogP contribution is -2.09. The summed E-state index contributed by atoms with van der Waals surface area (Å²) in [4.78, 5) is 5.14. The van der Waals surface area contributed by atoms with Gasteiger partial charge in [0.2, 0.25) is 0 Å². The average Bonchev–Trinajstić information content (AvgIpc) is 2.92. The summed E-state index contributed by atoms with van der Waals surface area (Å²) in [7, 11) is 0. The molecule has 2 rings (SSSR count). The van der Waals surface area contributed by atoms with Crippen LogP contribution >= 0.6 is 11.3 Å². The second-order valence-corrected chi connectivity index (χ2v) is 5.50. The van der Waals surface area contributed by atoms with Gasteiger partial charge in [0, 0.05) is 16.8 Å². The first-order chi connectivity index (χ1) is 9.94. The number of alkyl halides is 3. The van der Waals surface area contributed by atoms with Gasteiger partial charge in [0.1, 0.15) is 0 Å². The molecule has 1 heterocycles. The predicted molar refractivity (Wildman–Crippen MR) is 75.0 cm³/mol. The molecule has 7 heteroatoms. The van der Waals surface area contributed by atoms with Gasteiger partial charge in [0.15, 0.2) is 0 Å². The van der Waals surface area contributed by atoms with E-state index in [-0.39, 0.29) is 5.56 Å². The van der Waals surface area contributed by atoms with Crippen LogP contribution in [0.25, 0.3) is 0 Å². The van der Waals surface area contributed by atoms with E-state index in [1.54, 1.807) is 12.3 Å². The number of aryl methyl sites for hydroxylation is 1. The molecule has 21 heavy (non-hydrogen) atoms. The summed E-state index contributed by atoms with van der Waals surface area (Å²) >= 11 is 1.52. The maximum Gasteiger partial charge on any atom is 0.417 e. The lowest BCUT2D eigenvalue weighted by atomic mass is 10.1. The van der Waals surface area contributed by atoms with E-state index in [9.17, 15) is 13.2 Å². The minimum absolute atomic E-state index is 0.327. The van der Waals surface area contributed by atoms with Crippen LogP contribution in [0.15, 0.2) is 24.4 Å². The molecule has 0 amide bonds. The normalized spacial score (nSPS) is 11.2. The number of anilines is 1. The van der Waals surface area contributed by atoms with Gasteiger partial charge in [-0.2, -0.15) is 18.4 Å². The van der Waals surface area contributed by atoms with Gasteiger partial charge in [-0.15, -0.1) is 11.3 Å². The molecular weight excluding hydrogens is 299 g/mol. The largest absolute Gasteiger partial charge is 0.417 e. The van der Waals surface area contributed by atoms with Crippen molar-refractivity contribution >= 4 is 17.0 Å². The third-order valence-corrected chi connectivity index (χ3v) is 3.96. The fourth-order valence-electron chi connectivity index (χ4n) is 1.77. The van der Waals surface area contributed by atoms with Crippen LogP contribution in [-0.2, 0) is 19.1 Å². The number of nitrogens with zero attached hydrogens (tertiary/aromatic N) is 2. The van der Waals surface area contributed by atoms with Gasteiger partial charge in [-0.25, -0.2) is 4.98 Å². The molecule has 0 aliphatic carbocycles. The number of rotatable bonds is 4. The van der Waals surface area contributed by atoms with E-state index >= 15 is 0 Å². The fourth-order valence-corrected chi connectivity index (χ4v) is 2.57. The second-order valence-electron chi connectivity index (χ2n) is 4.30. The Morgan fingerprint density at radius 3 is 2.71 bits per heavy atom. The van der Waals surface area contributed by atoms with Gasteiger partial charge in [-0.3, -0.25) is 0 Å². The lowest BCUT2D eigenvalue weighted by Gasteiger charge is -2.11. The standard InChI is InChI=1S/C14H12F3N3S/c1-2-13-20-8-11(21-13)7-19-10-4-3-9(6-18)12(5-10)14(15,16)17/h3-5,8,19H,2,7H2,1H3. The molecule has 0 saturated carbocycles. The van der Waals surface area contributed by atoms with Crippen LogP contribution in [0.4, 0.5) is 18.9 Å². The van der Waals surface area contributed by atoms with E-state index in [1.807, 2.05) is 6.92 Å². The molecule has 1 N–H and O–H groups in total. The minimum Gasteiger partial charge on any atom is -0.380 e. The van der Waals surface area contributed by atoms with Crippen molar-refractivity contribution in [3.8, 4) is 6.07 Å². The first-order valence-electron chi connectivity index (χ1n) is 6.23. The Hall–Kier alpha value is -2.07. The molecule has 0 saturated heterocycles. The monoisotopic (exact) mass is 311 g/mol. The number of benzene rings is 1. The zero-order valence-corrected chi connectivity index (χ0v) is 12.0. The number of nitriles is 1. The quantitative estimate of drug-likeness (QED) is 0.920. The van der Waals surface area contributed by atoms with Crippen molar-refractivity contribution in [1.82, 2.24) is 4.98 Å². The van der Waals surface area contributed by atoms with Gasteiger partial charge in [0.25, 0.3) is 0 Å². The van der Waals surface area contributed by atoms with Crippen LogP contribution in [0.1, 0.15) is 27.9 Å². The molecule has 0 radical (unpaired) electrons. The third kappa shape index (κ3) is 3.73. The number of hydrogen-bond donors (Lipinski definition) is 1. The second kappa shape index (κ2) is 6.14. The highest BCUT2D eigenvalue weighted by Crippen LogP contribution is 2.33. The number of halogens is 3. The maximum absolute atomic E-state index is 12.8. The Kier molecular flexibility index (Phi) is 4.48. The van der Waals surface area contributed by atoms with Crippen molar-refractivity contribution in [3.05, 3.63) is 45.4 Å². The number of aromatic nitrogens is 1. The average molecular weight is 311 g/mol. The Labute approximate surface area is 124 Å². The van der Waals surface area contributed by atoms with Crippen molar-refractivity contribution in [2.75, 3.05) is 5.32 Å². The van der Waals surface area contributed by atoms with Crippen LogP contribution in [0, 0.1) is 11.3 Å². The van der Waals surface area contributed by atoms with E-state index in [0.29, 0.717) is 12.2 Å². The summed E-state index contributed by atoms with van der Waals surface area (Å²) < 4.78 is 38.5. The maximum atomic E-state index is 12.8. The molecule has 1 aromatic heterocycles. The van der Waals surface area contributed by atoms with Gasteiger partial charge in [-0.1, -0.05) is 6.92 Å². The topological polar surface area (TPSA) is 48.7 Å². The van der Waals surface area contributed by atoms with E-state index in [4.69, 9.17) is 5.26 Å². The van der Waals surface area contributed by atoms with Crippen molar-refractivity contribution in [3.63, 3.8) is 0 Å². The summed E-state index contributed by atoms with van der Waals surface area (Å²) in [5.74, 6) is 0. The summed E-state index contributed by atoms with van der Waals surface area (Å²) in [5, 5.41) is 12.6. The fraction of sp³-hybridized carbons (Fsp3) is 0.286. The van der Waals surface area contributed by atoms with E-state index in [1.165, 1.54) is 23.5 Å². The van der Waals surface area contributed by atoms with E-state index in [0.717, 1.165) is 22.4 Å². The highest BCUT2D eigenvalue weighted by atomic mass is 32.1.